The van der Waals surface area contributed by atoms with Gasteiger partial charge in [-0.05, 0) is 29.7 Å². The normalized spacial score (nSPS) is 14.0. The van der Waals surface area contributed by atoms with E-state index in [2.05, 4.69) is 35.4 Å². The Morgan fingerprint density at radius 1 is 1.47 bits per heavy atom. The summed E-state index contributed by atoms with van der Waals surface area (Å²) in [6.07, 6.45) is 2.06. The highest BCUT2D eigenvalue weighted by atomic mass is 32.1. The molecule has 2 heterocycles. The van der Waals surface area contributed by atoms with Gasteiger partial charge in [0.25, 0.3) is 0 Å². The topological polar surface area (TPSA) is 62.7 Å². The molecule has 0 bridgehead atoms. The Kier molecular flexibility index (Phi) is 4.01. The average Bonchev–Trinajstić information content (AvgIpc) is 2.98. The second-order valence-electron chi connectivity index (χ2n) is 5.16. The van der Waals surface area contributed by atoms with Crippen molar-refractivity contribution in [2.45, 2.75) is 40.0 Å². The largest absolute Gasteiger partial charge is 0.339 e. The maximum absolute atomic E-state index is 8.89. The van der Waals surface area contributed by atoms with E-state index >= 15 is 0 Å². The molecule has 1 atom stereocenters. The number of nitriles is 1. The van der Waals surface area contributed by atoms with Gasteiger partial charge in [-0.25, -0.2) is 0 Å². The van der Waals surface area contributed by atoms with Gasteiger partial charge in [-0.1, -0.05) is 19.0 Å². The fraction of sp³-hybridized carbons (Fsp3) is 0.500. The van der Waals surface area contributed by atoms with Crippen LogP contribution in [0.2, 0.25) is 0 Å². The SMILES string of the molecule is CCC(C)(CC#N)Cc1nc(-c2cscc2C)no1. The van der Waals surface area contributed by atoms with E-state index in [1.165, 1.54) is 0 Å². The molecule has 5 heteroatoms. The lowest BCUT2D eigenvalue weighted by molar-refractivity contribution is 0.266. The Balaban J connectivity index is 2.18. The standard InChI is InChI=1S/C14H17N3OS/c1-4-14(3,5-6-15)7-12-16-13(17-18-12)11-9-19-8-10(11)2/h8-9H,4-5,7H2,1-3H3. The third-order valence-corrected chi connectivity index (χ3v) is 4.36. The van der Waals surface area contributed by atoms with Gasteiger partial charge in [-0.2, -0.15) is 21.6 Å². The molecule has 2 rings (SSSR count). The fourth-order valence-electron chi connectivity index (χ4n) is 1.89. The summed E-state index contributed by atoms with van der Waals surface area (Å²) in [7, 11) is 0. The van der Waals surface area contributed by atoms with Crippen LogP contribution >= 0.6 is 11.3 Å². The maximum atomic E-state index is 8.89. The number of nitrogens with zero attached hydrogens (tertiary/aromatic N) is 3. The van der Waals surface area contributed by atoms with Crippen molar-refractivity contribution in [3.05, 3.63) is 22.2 Å². The fourth-order valence-corrected chi connectivity index (χ4v) is 2.72. The van der Waals surface area contributed by atoms with Gasteiger partial charge in [0.2, 0.25) is 11.7 Å². The van der Waals surface area contributed by atoms with E-state index in [-0.39, 0.29) is 5.41 Å². The summed E-state index contributed by atoms with van der Waals surface area (Å²) < 4.78 is 5.32. The van der Waals surface area contributed by atoms with E-state index < -0.39 is 0 Å². The second-order valence-corrected chi connectivity index (χ2v) is 5.90. The first-order chi connectivity index (χ1) is 9.08. The number of rotatable bonds is 5. The summed E-state index contributed by atoms with van der Waals surface area (Å²) in [5.41, 5.74) is 2.09. The Bertz CT molecular complexity index is 596. The number of aromatic nitrogens is 2. The van der Waals surface area contributed by atoms with Crippen molar-refractivity contribution in [2.24, 2.45) is 5.41 Å². The highest BCUT2D eigenvalue weighted by Crippen LogP contribution is 2.31. The van der Waals surface area contributed by atoms with Gasteiger partial charge < -0.3 is 4.52 Å². The first kappa shape index (κ1) is 13.8. The van der Waals surface area contributed by atoms with E-state index in [0.717, 1.165) is 17.5 Å². The lowest BCUT2D eigenvalue weighted by atomic mass is 9.81. The molecule has 1 unspecified atom stereocenters. The summed E-state index contributed by atoms with van der Waals surface area (Å²) in [6.45, 7) is 6.20. The van der Waals surface area contributed by atoms with Crippen LogP contribution in [0.4, 0.5) is 0 Å². The van der Waals surface area contributed by atoms with Crippen LogP contribution in [0.15, 0.2) is 15.3 Å². The molecular weight excluding hydrogens is 258 g/mol. The lowest BCUT2D eigenvalue weighted by Gasteiger charge is -2.22. The Morgan fingerprint density at radius 3 is 2.84 bits per heavy atom. The molecule has 2 aromatic heterocycles. The molecule has 0 amide bonds. The number of hydrogen-bond donors (Lipinski definition) is 0. The van der Waals surface area contributed by atoms with E-state index in [4.69, 9.17) is 9.78 Å². The third kappa shape index (κ3) is 3.02. The van der Waals surface area contributed by atoms with Crippen molar-refractivity contribution >= 4 is 11.3 Å². The predicted octanol–water partition coefficient (Wildman–Crippen LogP) is 3.98. The minimum atomic E-state index is -0.0950. The molecule has 0 radical (unpaired) electrons. The molecule has 0 aliphatic heterocycles. The van der Waals surface area contributed by atoms with Crippen LogP contribution in [0.3, 0.4) is 0 Å². The van der Waals surface area contributed by atoms with Gasteiger partial charge >= 0.3 is 0 Å². The Labute approximate surface area is 117 Å². The molecule has 0 saturated carbocycles. The predicted molar refractivity (Wildman–Crippen MR) is 74.7 cm³/mol. The van der Waals surface area contributed by atoms with Crippen LogP contribution in [0.1, 0.15) is 38.1 Å². The zero-order chi connectivity index (χ0) is 13.9. The van der Waals surface area contributed by atoms with Crippen LogP contribution in [0, 0.1) is 23.7 Å². The van der Waals surface area contributed by atoms with Gasteiger partial charge in [0.05, 0.1) is 6.07 Å². The van der Waals surface area contributed by atoms with Gasteiger partial charge in [-0.15, -0.1) is 0 Å². The first-order valence-corrected chi connectivity index (χ1v) is 7.25. The van der Waals surface area contributed by atoms with Crippen molar-refractivity contribution in [1.29, 1.82) is 5.26 Å². The van der Waals surface area contributed by atoms with Gasteiger partial charge in [0.1, 0.15) is 0 Å². The minimum Gasteiger partial charge on any atom is -0.339 e. The van der Waals surface area contributed by atoms with Crippen LogP contribution in [0.5, 0.6) is 0 Å². The lowest BCUT2D eigenvalue weighted by Crippen LogP contribution is -2.18. The van der Waals surface area contributed by atoms with Gasteiger partial charge in [0.15, 0.2) is 0 Å². The molecule has 0 aromatic carbocycles. The van der Waals surface area contributed by atoms with Crippen LogP contribution in [0.25, 0.3) is 11.4 Å². The zero-order valence-corrected chi connectivity index (χ0v) is 12.3. The van der Waals surface area contributed by atoms with Crippen LogP contribution < -0.4 is 0 Å². The molecule has 0 N–H and O–H groups in total. The molecule has 0 aliphatic rings. The van der Waals surface area contributed by atoms with Crippen molar-refractivity contribution in [3.8, 4) is 17.5 Å². The number of hydrogen-bond acceptors (Lipinski definition) is 5. The average molecular weight is 275 g/mol. The Morgan fingerprint density at radius 2 is 2.26 bits per heavy atom. The van der Waals surface area contributed by atoms with Crippen molar-refractivity contribution in [1.82, 2.24) is 10.1 Å². The Hall–Kier alpha value is -1.67. The highest BCUT2D eigenvalue weighted by molar-refractivity contribution is 7.08. The summed E-state index contributed by atoms with van der Waals surface area (Å²) >= 11 is 1.63. The molecule has 100 valence electrons. The van der Waals surface area contributed by atoms with Gasteiger partial charge in [-0.3, -0.25) is 0 Å². The van der Waals surface area contributed by atoms with E-state index in [9.17, 15) is 0 Å². The molecule has 19 heavy (non-hydrogen) atoms. The molecule has 0 aliphatic carbocycles. The summed E-state index contributed by atoms with van der Waals surface area (Å²) in [4.78, 5) is 4.45. The summed E-state index contributed by atoms with van der Waals surface area (Å²) in [6, 6.07) is 2.23. The second kappa shape index (κ2) is 5.54. The monoisotopic (exact) mass is 275 g/mol. The maximum Gasteiger partial charge on any atom is 0.227 e. The molecule has 0 saturated heterocycles. The van der Waals surface area contributed by atoms with Crippen LogP contribution in [-0.4, -0.2) is 10.1 Å². The van der Waals surface area contributed by atoms with Gasteiger partial charge in [0, 0.05) is 23.8 Å². The van der Waals surface area contributed by atoms with E-state index in [1.54, 1.807) is 11.3 Å². The smallest absolute Gasteiger partial charge is 0.227 e. The molecule has 2 aromatic rings. The highest BCUT2D eigenvalue weighted by Gasteiger charge is 2.26. The summed E-state index contributed by atoms with van der Waals surface area (Å²) in [5, 5.41) is 17.0. The number of aryl methyl sites for hydroxylation is 1. The van der Waals surface area contributed by atoms with E-state index in [0.29, 0.717) is 24.6 Å². The summed E-state index contributed by atoms with van der Waals surface area (Å²) in [5.74, 6) is 1.25. The number of thiophene rings is 1. The third-order valence-electron chi connectivity index (χ3n) is 3.50. The molecule has 0 fully saturated rings. The van der Waals surface area contributed by atoms with Crippen molar-refractivity contribution < 1.29 is 4.52 Å². The molecular formula is C14H17N3OS. The van der Waals surface area contributed by atoms with E-state index in [1.807, 2.05) is 12.3 Å². The van der Waals surface area contributed by atoms with Crippen molar-refractivity contribution in [2.75, 3.05) is 0 Å². The molecule has 0 spiro atoms. The van der Waals surface area contributed by atoms with Crippen LogP contribution in [-0.2, 0) is 6.42 Å². The first-order valence-electron chi connectivity index (χ1n) is 6.30. The van der Waals surface area contributed by atoms with Crippen molar-refractivity contribution in [3.63, 3.8) is 0 Å². The zero-order valence-electron chi connectivity index (χ0n) is 11.4. The quantitative estimate of drug-likeness (QED) is 0.828. The molecule has 4 nitrogen and oxygen atoms in total. The minimum absolute atomic E-state index is 0.0950.